The first-order valence-corrected chi connectivity index (χ1v) is 11.9. The van der Waals surface area contributed by atoms with E-state index in [1.54, 1.807) is 30.3 Å². The molecule has 0 fully saturated rings. The second-order valence-electron chi connectivity index (χ2n) is 8.08. The highest BCUT2D eigenvalue weighted by Crippen LogP contribution is 2.35. The first-order chi connectivity index (χ1) is 16.7. The molecule has 0 heterocycles. The van der Waals surface area contributed by atoms with Crippen LogP contribution in [0.25, 0.3) is 12.2 Å². The number of ether oxygens (including phenoxy) is 2. The molecule has 0 saturated carbocycles. The van der Waals surface area contributed by atoms with Gasteiger partial charge in [0.2, 0.25) is 0 Å². The molecule has 34 heavy (non-hydrogen) atoms. The minimum Gasteiger partial charge on any atom is -0.490 e. The molecule has 3 aromatic rings. The summed E-state index contributed by atoms with van der Waals surface area (Å²) < 4.78 is 11.7. The van der Waals surface area contributed by atoms with Crippen molar-refractivity contribution >= 4 is 18.1 Å². The highest BCUT2D eigenvalue weighted by molar-refractivity contribution is 5.92. The molecule has 0 bridgehead atoms. The fourth-order valence-electron chi connectivity index (χ4n) is 3.59. The summed E-state index contributed by atoms with van der Waals surface area (Å²) in [4.78, 5) is 12.8. The molecule has 0 aliphatic carbocycles. The Kier molecular flexibility index (Phi) is 9.95. The predicted molar refractivity (Wildman–Crippen MR) is 137 cm³/mol. The molecule has 0 unspecified atom stereocenters. The van der Waals surface area contributed by atoms with Gasteiger partial charge in [-0.1, -0.05) is 99.7 Å². The number of nitriles is 1. The van der Waals surface area contributed by atoms with Gasteiger partial charge < -0.3 is 9.47 Å². The van der Waals surface area contributed by atoms with Crippen LogP contribution in [0.1, 0.15) is 72.5 Å². The van der Waals surface area contributed by atoms with E-state index in [1.165, 1.54) is 25.7 Å². The minimum absolute atomic E-state index is 0.164. The fraction of sp³-hybridized carbons (Fsp3) is 0.267. The molecule has 0 atom stereocenters. The SMILES string of the molecule is CCCCCCCCOc1ccc(C=Cc2ccccc2)c(C#N)c1OC(=O)c1ccccc1. The zero-order valence-electron chi connectivity index (χ0n) is 19.7. The van der Waals surface area contributed by atoms with E-state index in [9.17, 15) is 10.1 Å². The molecule has 4 heteroatoms. The van der Waals surface area contributed by atoms with Crippen molar-refractivity contribution in [1.29, 1.82) is 5.26 Å². The van der Waals surface area contributed by atoms with Crippen LogP contribution in [-0.4, -0.2) is 12.6 Å². The summed E-state index contributed by atoms with van der Waals surface area (Å²) in [6.45, 7) is 2.71. The van der Waals surface area contributed by atoms with E-state index in [4.69, 9.17) is 9.47 Å². The Hall–Kier alpha value is -3.84. The zero-order valence-corrected chi connectivity index (χ0v) is 19.7. The second-order valence-corrected chi connectivity index (χ2v) is 8.08. The van der Waals surface area contributed by atoms with Gasteiger partial charge in [-0.2, -0.15) is 5.26 Å². The lowest BCUT2D eigenvalue weighted by atomic mass is 10.0. The number of unbranched alkanes of at least 4 members (excludes halogenated alkanes) is 5. The van der Waals surface area contributed by atoms with Crippen LogP contribution in [0.2, 0.25) is 0 Å². The monoisotopic (exact) mass is 453 g/mol. The van der Waals surface area contributed by atoms with Crippen LogP contribution in [0.15, 0.2) is 72.8 Å². The third-order valence-electron chi connectivity index (χ3n) is 5.48. The van der Waals surface area contributed by atoms with E-state index in [-0.39, 0.29) is 11.3 Å². The highest BCUT2D eigenvalue weighted by atomic mass is 16.6. The van der Waals surface area contributed by atoms with E-state index in [1.807, 2.05) is 54.6 Å². The van der Waals surface area contributed by atoms with Crippen LogP contribution >= 0.6 is 0 Å². The van der Waals surface area contributed by atoms with Gasteiger partial charge in [-0.15, -0.1) is 0 Å². The Bertz CT molecular complexity index is 1120. The van der Waals surface area contributed by atoms with Gasteiger partial charge in [0.15, 0.2) is 11.5 Å². The van der Waals surface area contributed by atoms with Gasteiger partial charge in [-0.3, -0.25) is 0 Å². The van der Waals surface area contributed by atoms with Crippen molar-refractivity contribution in [3.63, 3.8) is 0 Å². The average Bonchev–Trinajstić information content (AvgIpc) is 2.88. The number of nitrogens with zero attached hydrogens (tertiary/aromatic N) is 1. The van der Waals surface area contributed by atoms with Crippen molar-refractivity contribution in [3.05, 3.63) is 95.1 Å². The first-order valence-electron chi connectivity index (χ1n) is 11.9. The molecular formula is C30H31NO3. The Morgan fingerprint density at radius 3 is 2.24 bits per heavy atom. The average molecular weight is 454 g/mol. The molecule has 3 aromatic carbocycles. The molecular weight excluding hydrogens is 422 g/mol. The molecule has 0 N–H and O–H groups in total. The number of carbonyl (C=O) groups is 1. The molecule has 174 valence electrons. The van der Waals surface area contributed by atoms with E-state index in [2.05, 4.69) is 13.0 Å². The van der Waals surface area contributed by atoms with Gasteiger partial charge in [0.1, 0.15) is 11.6 Å². The number of rotatable bonds is 12. The van der Waals surface area contributed by atoms with Crippen molar-refractivity contribution in [2.75, 3.05) is 6.61 Å². The molecule has 0 amide bonds. The van der Waals surface area contributed by atoms with Crippen molar-refractivity contribution in [2.24, 2.45) is 0 Å². The summed E-state index contributed by atoms with van der Waals surface area (Å²) in [6.07, 6.45) is 10.7. The molecule has 0 aliphatic heterocycles. The van der Waals surface area contributed by atoms with Gasteiger partial charge >= 0.3 is 5.97 Å². The minimum atomic E-state index is -0.522. The maximum Gasteiger partial charge on any atom is 0.343 e. The van der Waals surface area contributed by atoms with Gasteiger partial charge in [-0.05, 0) is 41.8 Å². The quantitative estimate of drug-likeness (QED) is 0.122. The van der Waals surface area contributed by atoms with Crippen LogP contribution in [0.5, 0.6) is 11.5 Å². The summed E-state index contributed by atoms with van der Waals surface area (Å²) in [7, 11) is 0. The largest absolute Gasteiger partial charge is 0.490 e. The predicted octanol–water partition coefficient (Wildman–Crippen LogP) is 7.69. The van der Waals surface area contributed by atoms with E-state index in [0.29, 0.717) is 23.5 Å². The number of esters is 1. The number of hydrogen-bond acceptors (Lipinski definition) is 4. The topological polar surface area (TPSA) is 59.3 Å². The summed E-state index contributed by atoms with van der Waals surface area (Å²) in [5, 5.41) is 9.97. The fourth-order valence-corrected chi connectivity index (χ4v) is 3.59. The lowest BCUT2D eigenvalue weighted by Gasteiger charge is -2.15. The molecule has 0 spiro atoms. The zero-order chi connectivity index (χ0) is 24.0. The van der Waals surface area contributed by atoms with Gasteiger partial charge in [0.25, 0.3) is 0 Å². The van der Waals surface area contributed by atoms with Gasteiger partial charge in [0.05, 0.1) is 12.2 Å². The molecule has 0 aromatic heterocycles. The Labute approximate surface area is 202 Å². The number of carbonyl (C=O) groups excluding carboxylic acids is 1. The van der Waals surface area contributed by atoms with Crippen LogP contribution in [0.4, 0.5) is 0 Å². The van der Waals surface area contributed by atoms with Gasteiger partial charge in [0, 0.05) is 0 Å². The Morgan fingerprint density at radius 1 is 0.853 bits per heavy atom. The third-order valence-corrected chi connectivity index (χ3v) is 5.48. The molecule has 0 radical (unpaired) electrons. The Morgan fingerprint density at radius 2 is 1.53 bits per heavy atom. The van der Waals surface area contributed by atoms with Crippen molar-refractivity contribution in [1.82, 2.24) is 0 Å². The maximum atomic E-state index is 12.8. The number of hydrogen-bond donors (Lipinski definition) is 0. The van der Waals surface area contributed by atoms with Crippen LogP contribution < -0.4 is 9.47 Å². The van der Waals surface area contributed by atoms with E-state index >= 15 is 0 Å². The Balaban J connectivity index is 1.83. The van der Waals surface area contributed by atoms with Gasteiger partial charge in [-0.25, -0.2) is 4.79 Å². The van der Waals surface area contributed by atoms with E-state index < -0.39 is 5.97 Å². The summed E-state index contributed by atoms with van der Waals surface area (Å²) in [6, 6.07) is 24.4. The molecule has 0 saturated heterocycles. The summed E-state index contributed by atoms with van der Waals surface area (Å²) in [5.41, 5.74) is 2.36. The second kappa shape index (κ2) is 13.6. The van der Waals surface area contributed by atoms with Crippen LogP contribution in [0.3, 0.4) is 0 Å². The third kappa shape index (κ3) is 7.35. The maximum absolute atomic E-state index is 12.8. The van der Waals surface area contributed by atoms with Crippen LogP contribution in [-0.2, 0) is 0 Å². The smallest absolute Gasteiger partial charge is 0.343 e. The lowest BCUT2D eigenvalue weighted by molar-refractivity contribution is 0.0727. The van der Waals surface area contributed by atoms with Crippen molar-refractivity contribution in [3.8, 4) is 17.6 Å². The molecule has 0 aliphatic rings. The molecule has 3 rings (SSSR count). The molecule has 4 nitrogen and oxygen atoms in total. The van der Waals surface area contributed by atoms with Crippen LogP contribution in [0, 0.1) is 11.3 Å². The summed E-state index contributed by atoms with van der Waals surface area (Å²) in [5.74, 6) is 0.0505. The summed E-state index contributed by atoms with van der Waals surface area (Å²) >= 11 is 0. The lowest BCUT2D eigenvalue weighted by Crippen LogP contribution is -2.11. The number of benzene rings is 3. The highest BCUT2D eigenvalue weighted by Gasteiger charge is 2.19. The standard InChI is InChI=1S/C30H31NO3/c1-2-3-4-5-6-13-22-33-28-21-20-25(19-18-24-14-9-7-10-15-24)27(23-31)29(28)34-30(32)26-16-11-8-12-17-26/h7-12,14-21H,2-6,13,22H2,1H3. The normalized spacial score (nSPS) is 10.7. The van der Waals surface area contributed by atoms with E-state index in [0.717, 1.165) is 18.4 Å². The van der Waals surface area contributed by atoms with Crippen molar-refractivity contribution < 1.29 is 14.3 Å². The first kappa shape index (κ1) is 24.8. The van der Waals surface area contributed by atoms with Crippen molar-refractivity contribution in [2.45, 2.75) is 45.4 Å².